The van der Waals surface area contributed by atoms with Crippen LogP contribution in [0.2, 0.25) is 0 Å². The predicted octanol–water partition coefficient (Wildman–Crippen LogP) is -2.02. The Balaban J connectivity index is 0.000000191. The highest BCUT2D eigenvalue weighted by Crippen LogP contribution is 2.07. The minimum Gasteiger partial charge on any atom is -0.480 e. The molecule has 2 rings (SSSR count). The van der Waals surface area contributed by atoms with Crippen LogP contribution in [-0.2, 0) is 9.59 Å². The van der Waals surface area contributed by atoms with Crippen molar-refractivity contribution in [2.24, 2.45) is 0 Å². The number of aliphatic hydroxyl groups is 2. The molecule has 2 saturated heterocycles. The number of nitrogens with one attached hydrogen (secondary N) is 2. The van der Waals surface area contributed by atoms with Gasteiger partial charge in [0, 0.05) is 19.5 Å². The summed E-state index contributed by atoms with van der Waals surface area (Å²) in [6.45, 7) is 0.800. The summed E-state index contributed by atoms with van der Waals surface area (Å²) < 4.78 is 0. The Bertz CT molecular complexity index is 316. The molecule has 0 aromatic rings. The van der Waals surface area contributed by atoms with Gasteiger partial charge in [-0.2, -0.15) is 0 Å². The van der Waals surface area contributed by atoms with Gasteiger partial charge in [-0.05, 0) is 12.8 Å². The molecule has 0 saturated carbocycles. The van der Waals surface area contributed by atoms with Crippen molar-refractivity contribution < 1.29 is 30.0 Å². The lowest BCUT2D eigenvalue weighted by molar-refractivity contribution is -0.141. The molecule has 2 heterocycles. The summed E-state index contributed by atoms with van der Waals surface area (Å²) in [7, 11) is 0. The summed E-state index contributed by atoms with van der Waals surface area (Å²) in [5.74, 6) is -1.71. The average Bonchev–Trinajstić information content (AvgIpc) is 2.77. The molecule has 0 aliphatic carbocycles. The van der Waals surface area contributed by atoms with E-state index in [0.29, 0.717) is 32.4 Å². The third-order valence-corrected chi connectivity index (χ3v) is 3.09. The second-order valence-corrected chi connectivity index (χ2v) is 4.72. The molecular weight excluding hydrogens is 256 g/mol. The molecule has 8 heteroatoms. The van der Waals surface area contributed by atoms with Crippen LogP contribution in [0.3, 0.4) is 0 Å². The van der Waals surface area contributed by atoms with E-state index in [-0.39, 0.29) is 6.10 Å². The smallest absolute Gasteiger partial charge is 0.320 e. The molecule has 0 bridgehead atoms. The molecule has 0 aromatic carbocycles. The standard InChI is InChI=1S/C6H11NO3.C5H9NO3/c8-4-1-2-5(6(9)10)7-3-4;7-3-1-4(5(8)9)6-2-3/h4-5,7-8H,1-3H2,(H,9,10);3-4,6-7H,1-2H2,(H,8,9)/t4?,5-;3-,4+/m01/s1. The van der Waals surface area contributed by atoms with Gasteiger partial charge in [-0.3, -0.25) is 9.59 Å². The zero-order valence-corrected chi connectivity index (χ0v) is 10.5. The number of piperidine rings is 1. The number of aliphatic hydroxyl groups excluding tert-OH is 2. The number of carboxylic acid groups (broad SMARTS) is 2. The third-order valence-electron chi connectivity index (χ3n) is 3.09. The van der Waals surface area contributed by atoms with Crippen LogP contribution in [0.15, 0.2) is 0 Å². The highest BCUT2D eigenvalue weighted by Gasteiger charge is 2.27. The van der Waals surface area contributed by atoms with Crippen molar-refractivity contribution >= 4 is 11.9 Å². The molecule has 110 valence electrons. The van der Waals surface area contributed by atoms with E-state index in [0.717, 1.165) is 0 Å². The van der Waals surface area contributed by atoms with Crippen molar-refractivity contribution in [2.75, 3.05) is 13.1 Å². The van der Waals surface area contributed by atoms with Crippen molar-refractivity contribution in [2.45, 2.75) is 43.6 Å². The summed E-state index contributed by atoms with van der Waals surface area (Å²) >= 11 is 0. The van der Waals surface area contributed by atoms with E-state index in [1.165, 1.54) is 0 Å². The molecule has 0 aromatic heterocycles. The van der Waals surface area contributed by atoms with Gasteiger partial charge in [-0.1, -0.05) is 0 Å². The van der Waals surface area contributed by atoms with E-state index >= 15 is 0 Å². The molecule has 1 unspecified atom stereocenters. The van der Waals surface area contributed by atoms with E-state index in [1.807, 2.05) is 0 Å². The Morgan fingerprint density at radius 3 is 1.68 bits per heavy atom. The largest absolute Gasteiger partial charge is 0.480 e. The molecule has 0 amide bonds. The number of hydrogen-bond acceptors (Lipinski definition) is 6. The maximum absolute atomic E-state index is 10.3. The van der Waals surface area contributed by atoms with Crippen LogP contribution in [0.5, 0.6) is 0 Å². The predicted molar refractivity (Wildman–Crippen MR) is 64.7 cm³/mol. The Morgan fingerprint density at radius 1 is 0.842 bits per heavy atom. The second-order valence-electron chi connectivity index (χ2n) is 4.72. The number of hydrogen-bond donors (Lipinski definition) is 6. The van der Waals surface area contributed by atoms with Crippen LogP contribution < -0.4 is 10.6 Å². The first-order valence-corrected chi connectivity index (χ1v) is 6.18. The Hall–Kier alpha value is -1.22. The van der Waals surface area contributed by atoms with E-state index < -0.39 is 30.1 Å². The lowest BCUT2D eigenvalue weighted by Gasteiger charge is -2.23. The van der Waals surface area contributed by atoms with Gasteiger partial charge in [-0.15, -0.1) is 0 Å². The van der Waals surface area contributed by atoms with E-state index in [4.69, 9.17) is 20.4 Å². The molecule has 2 fully saturated rings. The van der Waals surface area contributed by atoms with Crippen molar-refractivity contribution in [3.8, 4) is 0 Å². The molecule has 6 N–H and O–H groups in total. The molecule has 2 aliphatic heterocycles. The molecule has 0 spiro atoms. The van der Waals surface area contributed by atoms with Gasteiger partial charge < -0.3 is 31.1 Å². The summed E-state index contributed by atoms with van der Waals surface area (Å²) in [4.78, 5) is 20.5. The molecule has 8 nitrogen and oxygen atoms in total. The average molecular weight is 276 g/mol. The van der Waals surface area contributed by atoms with Gasteiger partial charge in [-0.25, -0.2) is 0 Å². The summed E-state index contributed by atoms with van der Waals surface area (Å²) in [5, 5.41) is 40.0. The number of β-amino-alcohol motifs (C(OH)–C–C–N with tert-alkyl or cyclic N) is 2. The van der Waals surface area contributed by atoms with Gasteiger partial charge in [0.05, 0.1) is 12.2 Å². The molecule has 0 radical (unpaired) electrons. The molecule has 19 heavy (non-hydrogen) atoms. The SMILES string of the molecule is O=C(O)[C@@H]1CCC(O)CN1.O=C(O)[C@@H]1C[C@@H](O)CN1. The van der Waals surface area contributed by atoms with Crippen LogP contribution in [-0.4, -0.2) is 69.7 Å². The molecule has 2 aliphatic rings. The van der Waals surface area contributed by atoms with Gasteiger partial charge in [0.25, 0.3) is 0 Å². The highest BCUT2D eigenvalue weighted by atomic mass is 16.4. The number of aliphatic carboxylic acids is 2. The fraction of sp³-hybridized carbons (Fsp3) is 0.818. The summed E-state index contributed by atoms with van der Waals surface area (Å²) in [6, 6.07) is -0.997. The molecule has 4 atom stereocenters. The first kappa shape index (κ1) is 15.8. The van der Waals surface area contributed by atoms with Crippen molar-refractivity contribution in [1.29, 1.82) is 0 Å². The van der Waals surface area contributed by atoms with Crippen molar-refractivity contribution in [1.82, 2.24) is 10.6 Å². The Labute approximate surface area is 110 Å². The summed E-state index contributed by atoms with van der Waals surface area (Å²) in [6.07, 6.45) is 0.595. The highest BCUT2D eigenvalue weighted by molar-refractivity contribution is 5.74. The molecular formula is C11H20N2O6. The van der Waals surface area contributed by atoms with Crippen LogP contribution >= 0.6 is 0 Å². The van der Waals surface area contributed by atoms with Crippen LogP contribution in [0.1, 0.15) is 19.3 Å². The minimum atomic E-state index is -0.883. The fourth-order valence-electron chi connectivity index (χ4n) is 1.96. The topological polar surface area (TPSA) is 139 Å². The van der Waals surface area contributed by atoms with Gasteiger partial charge >= 0.3 is 11.9 Å². The van der Waals surface area contributed by atoms with Crippen LogP contribution in [0.25, 0.3) is 0 Å². The van der Waals surface area contributed by atoms with E-state index in [9.17, 15) is 9.59 Å². The zero-order valence-electron chi connectivity index (χ0n) is 10.5. The van der Waals surface area contributed by atoms with E-state index in [2.05, 4.69) is 10.6 Å². The minimum absolute atomic E-state index is 0.329. The monoisotopic (exact) mass is 276 g/mol. The first-order valence-electron chi connectivity index (χ1n) is 6.18. The normalized spacial score (nSPS) is 34.2. The van der Waals surface area contributed by atoms with Gasteiger partial charge in [0.2, 0.25) is 0 Å². The summed E-state index contributed by atoms with van der Waals surface area (Å²) in [5.41, 5.74) is 0. The number of carbonyl (C=O) groups is 2. The number of rotatable bonds is 2. The fourth-order valence-corrected chi connectivity index (χ4v) is 1.96. The van der Waals surface area contributed by atoms with Gasteiger partial charge in [0.1, 0.15) is 12.1 Å². The zero-order chi connectivity index (χ0) is 14.4. The third kappa shape index (κ3) is 5.52. The van der Waals surface area contributed by atoms with Crippen molar-refractivity contribution in [3.05, 3.63) is 0 Å². The number of carboxylic acids is 2. The Kier molecular flexibility index (Phi) is 6.16. The van der Waals surface area contributed by atoms with E-state index in [1.54, 1.807) is 0 Å². The quantitative estimate of drug-likeness (QED) is 0.340. The second kappa shape index (κ2) is 7.39. The maximum atomic E-state index is 10.3. The van der Waals surface area contributed by atoms with Crippen LogP contribution in [0.4, 0.5) is 0 Å². The Morgan fingerprint density at radius 2 is 1.37 bits per heavy atom. The van der Waals surface area contributed by atoms with Crippen molar-refractivity contribution in [3.63, 3.8) is 0 Å². The first-order chi connectivity index (χ1) is 8.90. The lowest BCUT2D eigenvalue weighted by Crippen LogP contribution is -2.45. The lowest BCUT2D eigenvalue weighted by atomic mass is 10.0. The maximum Gasteiger partial charge on any atom is 0.320 e. The van der Waals surface area contributed by atoms with Crippen LogP contribution in [0, 0.1) is 0 Å². The van der Waals surface area contributed by atoms with Gasteiger partial charge in [0.15, 0.2) is 0 Å².